The van der Waals surface area contributed by atoms with Crippen molar-refractivity contribution >= 4 is 17.5 Å². The molecule has 1 heterocycles. The van der Waals surface area contributed by atoms with E-state index in [1.807, 2.05) is 0 Å². The maximum absolute atomic E-state index is 11.8. The summed E-state index contributed by atoms with van der Waals surface area (Å²) in [5.74, 6) is 1.18. The Morgan fingerprint density at radius 2 is 1.81 bits per heavy atom. The Hall–Kier alpha value is -3.62. The van der Waals surface area contributed by atoms with Crippen molar-refractivity contribution in [2.45, 2.75) is 13.2 Å². The normalized spacial score (nSPS) is 15.7. The van der Waals surface area contributed by atoms with Crippen LogP contribution in [0.2, 0.25) is 0 Å². The Kier molecular flexibility index (Phi) is 5.20. The highest BCUT2D eigenvalue weighted by atomic mass is 16.6. The van der Waals surface area contributed by atoms with Gasteiger partial charge >= 0.3 is 0 Å². The van der Waals surface area contributed by atoms with E-state index in [0.717, 1.165) is 0 Å². The molecule has 27 heavy (non-hydrogen) atoms. The molecule has 0 aliphatic carbocycles. The fourth-order valence-corrected chi connectivity index (χ4v) is 2.43. The molecule has 0 aromatic heterocycles. The molecule has 9 heteroatoms. The first-order chi connectivity index (χ1) is 13.0. The van der Waals surface area contributed by atoms with Gasteiger partial charge in [-0.05, 0) is 36.4 Å². The number of hydrogen-bond donors (Lipinski definition) is 0. The summed E-state index contributed by atoms with van der Waals surface area (Å²) < 4.78 is 16.5. The monoisotopic (exact) mass is 371 g/mol. The average molecular weight is 371 g/mol. The minimum Gasteiger partial charge on any atom is -0.497 e. The van der Waals surface area contributed by atoms with Gasteiger partial charge in [-0.25, -0.2) is 0 Å². The van der Waals surface area contributed by atoms with E-state index in [4.69, 9.17) is 14.2 Å². The molecule has 0 N–H and O–H groups in total. The molecule has 1 atom stereocenters. The average Bonchev–Trinajstić information content (AvgIpc) is 3.11. The zero-order valence-corrected chi connectivity index (χ0v) is 14.7. The number of hydrogen-bond acceptors (Lipinski definition) is 7. The number of nitrogens with zero attached hydrogens (tertiary/aromatic N) is 3. The Morgan fingerprint density at radius 3 is 2.37 bits per heavy atom. The summed E-state index contributed by atoms with van der Waals surface area (Å²) in [7, 11) is 1.57. The van der Waals surface area contributed by atoms with Crippen LogP contribution in [0.15, 0.2) is 53.6 Å². The van der Waals surface area contributed by atoms with Gasteiger partial charge in [0.25, 0.3) is 5.69 Å². The number of hydrazone groups is 1. The molecule has 140 valence electrons. The molecular weight excluding hydrogens is 354 g/mol. The third-order valence-electron chi connectivity index (χ3n) is 3.82. The highest BCUT2D eigenvalue weighted by molar-refractivity contribution is 5.96. The first-order valence-corrected chi connectivity index (χ1v) is 8.04. The first-order valence-electron chi connectivity index (χ1n) is 8.04. The summed E-state index contributed by atoms with van der Waals surface area (Å²) in [5.41, 5.74) is 0.485. The van der Waals surface area contributed by atoms with E-state index in [-0.39, 0.29) is 24.1 Å². The first kappa shape index (κ1) is 18.2. The Morgan fingerprint density at radius 1 is 1.19 bits per heavy atom. The van der Waals surface area contributed by atoms with Crippen LogP contribution in [0.5, 0.6) is 11.5 Å². The molecular formula is C18H17N3O6. The third kappa shape index (κ3) is 4.14. The van der Waals surface area contributed by atoms with Crippen molar-refractivity contribution in [1.82, 2.24) is 5.01 Å². The second-order valence-corrected chi connectivity index (χ2v) is 5.63. The molecule has 0 saturated heterocycles. The molecule has 1 amide bonds. The highest BCUT2D eigenvalue weighted by Crippen LogP contribution is 2.22. The number of non-ortho nitro benzene ring substituents is 1. The minimum atomic E-state index is -0.741. The zero-order chi connectivity index (χ0) is 19.4. The molecule has 3 rings (SSSR count). The largest absolute Gasteiger partial charge is 0.497 e. The molecule has 0 saturated carbocycles. The predicted molar refractivity (Wildman–Crippen MR) is 95.5 cm³/mol. The van der Waals surface area contributed by atoms with Crippen LogP contribution in [0.25, 0.3) is 0 Å². The number of ether oxygens (including phenoxy) is 3. The molecule has 2 aromatic carbocycles. The Bertz CT molecular complexity index is 864. The topological polar surface area (TPSA) is 104 Å². The van der Waals surface area contributed by atoms with E-state index in [1.165, 1.54) is 36.2 Å². The van der Waals surface area contributed by atoms with Crippen LogP contribution in [-0.4, -0.2) is 41.7 Å². The summed E-state index contributed by atoms with van der Waals surface area (Å²) in [4.78, 5) is 22.1. The van der Waals surface area contributed by atoms with Gasteiger partial charge in [0.1, 0.15) is 18.1 Å². The van der Waals surface area contributed by atoms with Gasteiger partial charge in [0.15, 0.2) is 0 Å². The fraction of sp³-hybridized carbons (Fsp3) is 0.222. The minimum absolute atomic E-state index is 0.0415. The number of nitro benzene ring substituents is 1. The van der Waals surface area contributed by atoms with E-state index in [1.54, 1.807) is 31.4 Å². The van der Waals surface area contributed by atoms with E-state index in [9.17, 15) is 14.9 Å². The molecule has 0 bridgehead atoms. The van der Waals surface area contributed by atoms with Crippen molar-refractivity contribution in [1.29, 1.82) is 0 Å². The van der Waals surface area contributed by atoms with Crippen LogP contribution >= 0.6 is 0 Å². The number of benzene rings is 2. The molecule has 0 fully saturated rings. The molecule has 2 aromatic rings. The van der Waals surface area contributed by atoms with Gasteiger partial charge < -0.3 is 14.2 Å². The quantitative estimate of drug-likeness (QED) is 0.571. The van der Waals surface area contributed by atoms with E-state index in [0.29, 0.717) is 17.1 Å². The van der Waals surface area contributed by atoms with Gasteiger partial charge in [0.2, 0.25) is 18.0 Å². The molecule has 0 unspecified atom stereocenters. The standard InChI is InChI=1S/C18H17N3O6/c1-12(22)20-17(11-26-16-9-7-15(25-2)8-10-16)27-18(19-20)13-3-5-14(6-4-13)21(23)24/h3-10,17H,11H2,1-2H3/t17-/m1/s1. The van der Waals surface area contributed by atoms with Crippen LogP contribution in [0.4, 0.5) is 5.69 Å². The number of carbonyl (C=O) groups is 1. The van der Waals surface area contributed by atoms with Crippen LogP contribution in [-0.2, 0) is 9.53 Å². The maximum atomic E-state index is 11.8. The summed E-state index contributed by atoms with van der Waals surface area (Å²) in [6, 6.07) is 12.7. The van der Waals surface area contributed by atoms with Gasteiger partial charge in [-0.2, -0.15) is 5.01 Å². The summed E-state index contributed by atoms with van der Waals surface area (Å²) >= 11 is 0. The Labute approximate surface area is 154 Å². The van der Waals surface area contributed by atoms with E-state index in [2.05, 4.69) is 5.10 Å². The van der Waals surface area contributed by atoms with Gasteiger partial charge in [-0.1, -0.05) is 0 Å². The lowest BCUT2D eigenvalue weighted by atomic mass is 10.2. The van der Waals surface area contributed by atoms with Crippen molar-refractivity contribution in [3.05, 3.63) is 64.2 Å². The zero-order valence-electron chi connectivity index (χ0n) is 14.7. The number of amides is 1. The summed E-state index contributed by atoms with van der Waals surface area (Å²) in [5, 5.41) is 16.1. The van der Waals surface area contributed by atoms with Crippen molar-refractivity contribution in [2.75, 3.05) is 13.7 Å². The number of carbonyl (C=O) groups excluding carboxylic acids is 1. The Balaban J connectivity index is 1.69. The van der Waals surface area contributed by atoms with Gasteiger partial charge in [-0.3, -0.25) is 14.9 Å². The van der Waals surface area contributed by atoms with Crippen LogP contribution in [0, 0.1) is 10.1 Å². The molecule has 1 aliphatic heterocycles. The summed E-state index contributed by atoms with van der Waals surface area (Å²) in [6.07, 6.45) is -0.741. The predicted octanol–water partition coefficient (Wildman–Crippen LogP) is 2.55. The van der Waals surface area contributed by atoms with E-state index >= 15 is 0 Å². The number of rotatable bonds is 6. The highest BCUT2D eigenvalue weighted by Gasteiger charge is 2.32. The van der Waals surface area contributed by atoms with Crippen LogP contribution < -0.4 is 9.47 Å². The smallest absolute Gasteiger partial charge is 0.269 e. The van der Waals surface area contributed by atoms with Crippen LogP contribution in [0.1, 0.15) is 12.5 Å². The maximum Gasteiger partial charge on any atom is 0.269 e. The second-order valence-electron chi connectivity index (χ2n) is 5.63. The van der Waals surface area contributed by atoms with Gasteiger partial charge in [-0.15, -0.1) is 5.10 Å². The second kappa shape index (κ2) is 7.73. The third-order valence-corrected chi connectivity index (χ3v) is 3.82. The summed E-state index contributed by atoms with van der Waals surface area (Å²) in [6.45, 7) is 1.43. The fourth-order valence-electron chi connectivity index (χ4n) is 2.43. The van der Waals surface area contributed by atoms with Crippen molar-refractivity contribution in [3.63, 3.8) is 0 Å². The molecule has 0 radical (unpaired) electrons. The van der Waals surface area contributed by atoms with Crippen molar-refractivity contribution < 1.29 is 23.9 Å². The molecule has 9 nitrogen and oxygen atoms in total. The van der Waals surface area contributed by atoms with Gasteiger partial charge in [0, 0.05) is 24.6 Å². The SMILES string of the molecule is COc1ccc(OC[C@H]2OC(c3ccc([N+](=O)[O-])cc3)=NN2C(C)=O)cc1. The van der Waals surface area contributed by atoms with Crippen molar-refractivity contribution in [3.8, 4) is 11.5 Å². The van der Waals surface area contributed by atoms with Gasteiger partial charge in [0.05, 0.1) is 12.0 Å². The number of nitro groups is 1. The van der Waals surface area contributed by atoms with Crippen LogP contribution in [0.3, 0.4) is 0 Å². The lowest BCUT2D eigenvalue weighted by molar-refractivity contribution is -0.384. The number of methoxy groups -OCH3 is 1. The molecule has 1 aliphatic rings. The van der Waals surface area contributed by atoms with Crippen molar-refractivity contribution in [2.24, 2.45) is 5.10 Å². The molecule has 0 spiro atoms. The lowest BCUT2D eigenvalue weighted by Gasteiger charge is -2.19. The lowest BCUT2D eigenvalue weighted by Crippen LogP contribution is -2.36. The van der Waals surface area contributed by atoms with E-state index < -0.39 is 11.2 Å².